The van der Waals surface area contributed by atoms with Gasteiger partial charge in [-0.1, -0.05) is 78.7 Å². The predicted octanol–water partition coefficient (Wildman–Crippen LogP) is 8.34. The van der Waals surface area contributed by atoms with Crippen LogP contribution in [0.3, 0.4) is 0 Å². The second-order valence-electron chi connectivity index (χ2n) is 13.7. The summed E-state index contributed by atoms with van der Waals surface area (Å²) in [6.07, 6.45) is 16.2. The Morgan fingerprint density at radius 1 is 0.903 bits per heavy atom. The van der Waals surface area contributed by atoms with Gasteiger partial charge >= 0.3 is 0 Å². The molecule has 4 aliphatic carbocycles. The van der Waals surface area contributed by atoms with E-state index < -0.39 is 0 Å². The quantitative estimate of drug-likeness (QED) is 0.448. The van der Waals surface area contributed by atoms with E-state index in [-0.39, 0.29) is 11.5 Å². The van der Waals surface area contributed by atoms with Crippen molar-refractivity contribution in [2.75, 3.05) is 0 Å². The first-order valence-corrected chi connectivity index (χ1v) is 13.5. The number of rotatable bonds is 4. The third kappa shape index (κ3) is 3.34. The lowest BCUT2D eigenvalue weighted by Crippen LogP contribution is -2.55. The number of aliphatic hydroxyl groups is 1. The van der Waals surface area contributed by atoms with Crippen molar-refractivity contribution in [3.63, 3.8) is 0 Å². The van der Waals surface area contributed by atoms with Crippen LogP contribution in [0.15, 0.2) is 23.3 Å². The van der Waals surface area contributed by atoms with Crippen molar-refractivity contribution in [1.82, 2.24) is 0 Å². The van der Waals surface area contributed by atoms with Gasteiger partial charge in [0.25, 0.3) is 0 Å². The number of aliphatic hydroxyl groups excluding tert-OH is 1. The summed E-state index contributed by atoms with van der Waals surface area (Å²) in [4.78, 5) is 0. The maximum atomic E-state index is 10.8. The van der Waals surface area contributed by atoms with Crippen molar-refractivity contribution < 1.29 is 5.11 Å². The fourth-order valence-electron chi connectivity index (χ4n) is 9.26. The van der Waals surface area contributed by atoms with Gasteiger partial charge in [-0.2, -0.15) is 0 Å². The normalized spacial score (nSPS) is 45.5. The lowest BCUT2D eigenvalue weighted by Gasteiger charge is -2.62. The third-order valence-electron chi connectivity index (χ3n) is 11.5. The van der Waals surface area contributed by atoms with Gasteiger partial charge in [-0.05, 0) is 103 Å². The Morgan fingerprint density at radius 3 is 2.29 bits per heavy atom. The van der Waals surface area contributed by atoms with E-state index in [0.717, 1.165) is 18.3 Å². The van der Waals surface area contributed by atoms with E-state index in [2.05, 4.69) is 67.5 Å². The van der Waals surface area contributed by atoms with Crippen LogP contribution in [0.4, 0.5) is 0 Å². The van der Waals surface area contributed by atoms with E-state index in [1.807, 2.05) is 11.1 Å². The Bertz CT molecular complexity index is 756. The fraction of sp³-hybridized carbons (Fsp3) is 0.867. The van der Waals surface area contributed by atoms with Gasteiger partial charge in [-0.3, -0.25) is 0 Å². The molecule has 4 rings (SSSR count). The molecule has 0 amide bonds. The van der Waals surface area contributed by atoms with Crippen LogP contribution < -0.4 is 0 Å². The maximum absolute atomic E-state index is 10.8. The molecule has 0 bridgehead atoms. The van der Waals surface area contributed by atoms with Crippen molar-refractivity contribution in [3.05, 3.63) is 23.3 Å². The van der Waals surface area contributed by atoms with Gasteiger partial charge < -0.3 is 5.11 Å². The van der Waals surface area contributed by atoms with Gasteiger partial charge in [0.2, 0.25) is 0 Å². The Hall–Kier alpha value is -0.560. The van der Waals surface area contributed by atoms with Crippen LogP contribution in [0.2, 0.25) is 0 Å². The summed E-state index contributed by atoms with van der Waals surface area (Å²) in [6, 6.07) is 0. The highest BCUT2D eigenvalue weighted by Crippen LogP contribution is 2.72. The van der Waals surface area contributed by atoms with Gasteiger partial charge in [0.15, 0.2) is 0 Å². The minimum absolute atomic E-state index is 0.0428. The minimum atomic E-state index is -0.133. The highest BCUT2D eigenvalue weighted by Gasteiger charge is 2.63. The topological polar surface area (TPSA) is 20.2 Å². The number of hydrogen-bond donors (Lipinski definition) is 1. The van der Waals surface area contributed by atoms with Crippen molar-refractivity contribution >= 4 is 0 Å². The molecule has 1 heteroatoms. The lowest BCUT2D eigenvalue weighted by atomic mass is 9.43. The minimum Gasteiger partial charge on any atom is -0.393 e. The Balaban J connectivity index is 1.66. The van der Waals surface area contributed by atoms with E-state index in [4.69, 9.17) is 0 Å². The van der Waals surface area contributed by atoms with Crippen molar-refractivity contribution in [1.29, 1.82) is 0 Å². The van der Waals surface area contributed by atoms with Gasteiger partial charge in [-0.25, -0.2) is 0 Å². The Labute approximate surface area is 193 Å². The van der Waals surface area contributed by atoms with Crippen molar-refractivity contribution in [3.8, 4) is 0 Å². The maximum Gasteiger partial charge on any atom is 0.0594 e. The Morgan fingerprint density at radius 2 is 1.61 bits per heavy atom. The molecule has 0 spiro atoms. The predicted molar refractivity (Wildman–Crippen MR) is 133 cm³/mol. The van der Waals surface area contributed by atoms with E-state index in [0.29, 0.717) is 28.1 Å². The zero-order valence-corrected chi connectivity index (χ0v) is 21.9. The highest BCUT2D eigenvalue weighted by atomic mass is 16.3. The zero-order chi connectivity index (χ0) is 22.8. The third-order valence-corrected chi connectivity index (χ3v) is 11.5. The molecule has 4 aliphatic rings. The largest absolute Gasteiger partial charge is 0.393 e. The smallest absolute Gasteiger partial charge is 0.0594 e. The van der Waals surface area contributed by atoms with Crippen LogP contribution in [0.25, 0.3) is 0 Å². The van der Waals surface area contributed by atoms with Crippen LogP contribution in [-0.2, 0) is 0 Å². The summed E-state index contributed by atoms with van der Waals surface area (Å²) in [7, 11) is 0. The van der Waals surface area contributed by atoms with Gasteiger partial charge in [0.05, 0.1) is 6.10 Å². The van der Waals surface area contributed by atoms with Gasteiger partial charge in [0, 0.05) is 0 Å². The molecule has 2 fully saturated rings. The van der Waals surface area contributed by atoms with E-state index >= 15 is 0 Å². The summed E-state index contributed by atoms with van der Waals surface area (Å²) in [5, 5.41) is 10.8. The molecule has 0 aliphatic heterocycles. The molecule has 0 unspecified atom stereocenters. The first-order valence-electron chi connectivity index (χ1n) is 13.5. The molecular weight excluding hydrogens is 376 g/mol. The van der Waals surface area contributed by atoms with Gasteiger partial charge in [-0.15, -0.1) is 0 Å². The SMILES string of the molecule is CC(C)C/C=C/[C@@H](C)[C@H]1CC[C@@]2(C)C3=C(CC[C@]12C)[C@@]1(C)CC[C@H](O)C(C)(C)[C@@H]1CC3. The lowest BCUT2D eigenvalue weighted by molar-refractivity contribution is -0.0960. The van der Waals surface area contributed by atoms with Crippen LogP contribution >= 0.6 is 0 Å². The molecular formula is C30H50O. The van der Waals surface area contributed by atoms with E-state index in [9.17, 15) is 5.11 Å². The molecule has 0 aromatic heterocycles. The molecule has 0 aromatic rings. The number of fused-ring (bicyclic) bond motifs is 4. The average Bonchev–Trinajstić information content (AvgIpc) is 2.96. The van der Waals surface area contributed by atoms with Crippen molar-refractivity contribution in [2.24, 2.45) is 45.3 Å². The summed E-state index contributed by atoms with van der Waals surface area (Å²) in [6.45, 7) is 19.7. The highest BCUT2D eigenvalue weighted by molar-refractivity contribution is 5.39. The van der Waals surface area contributed by atoms with Crippen LogP contribution in [0.1, 0.15) is 113 Å². The molecule has 31 heavy (non-hydrogen) atoms. The monoisotopic (exact) mass is 426 g/mol. The second kappa shape index (κ2) is 7.75. The average molecular weight is 427 g/mol. The first kappa shape index (κ1) is 23.6. The Kier molecular flexibility index (Phi) is 5.90. The fourth-order valence-corrected chi connectivity index (χ4v) is 9.26. The molecule has 0 saturated heterocycles. The molecule has 1 N–H and O–H groups in total. The number of allylic oxidation sites excluding steroid dienone is 4. The van der Waals surface area contributed by atoms with Crippen LogP contribution in [-0.4, -0.2) is 11.2 Å². The molecule has 0 aromatic carbocycles. The summed E-state index contributed by atoms with van der Waals surface area (Å²) < 4.78 is 0. The summed E-state index contributed by atoms with van der Waals surface area (Å²) in [5.74, 6) is 2.88. The molecule has 1 nitrogen and oxygen atoms in total. The second-order valence-corrected chi connectivity index (χ2v) is 13.7. The van der Waals surface area contributed by atoms with Gasteiger partial charge in [0.1, 0.15) is 0 Å². The van der Waals surface area contributed by atoms with Crippen LogP contribution in [0, 0.1) is 45.3 Å². The van der Waals surface area contributed by atoms with Crippen molar-refractivity contribution in [2.45, 2.75) is 119 Å². The number of hydrogen-bond acceptors (Lipinski definition) is 1. The zero-order valence-electron chi connectivity index (χ0n) is 21.9. The molecule has 7 atom stereocenters. The summed E-state index contributed by atoms with van der Waals surface area (Å²) >= 11 is 0. The molecule has 2 saturated carbocycles. The molecule has 176 valence electrons. The van der Waals surface area contributed by atoms with E-state index in [1.165, 1.54) is 51.4 Å². The standard InChI is InChI=1S/C30H50O/c1-20(2)10-9-11-21(3)22-14-18-30(8)24-12-13-25-27(4,5)26(31)16-17-28(25,6)23(24)15-19-29(22,30)7/h9,11,20-22,25-26,31H,10,12-19H2,1-8H3/b11-9+/t21-,22-,25+,26+,28-,29-,30+/m1/s1. The summed E-state index contributed by atoms with van der Waals surface area (Å²) in [5.41, 5.74) is 4.86. The molecule has 0 heterocycles. The van der Waals surface area contributed by atoms with Crippen LogP contribution in [0.5, 0.6) is 0 Å². The van der Waals surface area contributed by atoms with E-state index in [1.54, 1.807) is 0 Å². The molecule has 0 radical (unpaired) electrons. The first-order chi connectivity index (χ1) is 14.4.